The van der Waals surface area contributed by atoms with E-state index in [0.717, 1.165) is 43.1 Å². The average molecular weight is 332 g/mol. The van der Waals surface area contributed by atoms with Gasteiger partial charge in [-0.25, -0.2) is 0 Å². The molecule has 0 aliphatic carbocycles. The first-order chi connectivity index (χ1) is 9.26. The topological polar surface area (TPSA) is 30.9 Å². The van der Waals surface area contributed by atoms with E-state index in [1.165, 1.54) is 0 Å². The van der Waals surface area contributed by atoms with Gasteiger partial charge in [0.25, 0.3) is 0 Å². The first kappa shape index (κ1) is 16.4. The molecule has 0 amide bonds. The number of hydrogen-bond donors (Lipinski definition) is 0. The van der Waals surface area contributed by atoms with Crippen LogP contribution in [0, 0.1) is 0 Å². The van der Waals surface area contributed by atoms with Crippen molar-refractivity contribution in [3.8, 4) is 5.75 Å². The van der Waals surface area contributed by atoms with Crippen molar-refractivity contribution in [1.82, 2.24) is 4.90 Å². The molecule has 5 heteroatoms. The van der Waals surface area contributed by atoms with Crippen molar-refractivity contribution >= 4 is 15.9 Å². The summed E-state index contributed by atoms with van der Waals surface area (Å²) < 4.78 is 17.0. The van der Waals surface area contributed by atoms with Gasteiger partial charge in [-0.2, -0.15) is 0 Å². The van der Waals surface area contributed by atoms with Crippen LogP contribution in [0.1, 0.15) is 0 Å². The minimum Gasteiger partial charge on any atom is -0.492 e. The Balaban J connectivity index is 2.27. The third-order valence-corrected chi connectivity index (χ3v) is 3.24. The van der Waals surface area contributed by atoms with Crippen molar-refractivity contribution in [2.45, 2.75) is 0 Å². The highest BCUT2D eigenvalue weighted by Crippen LogP contribution is 2.15. The number of nitrogens with zero attached hydrogens (tertiary/aromatic N) is 1. The molecule has 1 rings (SSSR count). The lowest BCUT2D eigenvalue weighted by molar-refractivity contribution is 0.104. The molecule has 0 radical (unpaired) electrons. The normalized spacial score (nSPS) is 10.9. The van der Waals surface area contributed by atoms with Crippen LogP contribution in [0.4, 0.5) is 0 Å². The van der Waals surface area contributed by atoms with Crippen LogP contribution >= 0.6 is 15.9 Å². The second kappa shape index (κ2) is 10.2. The summed E-state index contributed by atoms with van der Waals surface area (Å²) in [5.41, 5.74) is 0. The molecule has 1 aromatic rings. The molecule has 1 aromatic carbocycles. The third kappa shape index (κ3) is 7.52. The molecule has 0 heterocycles. The zero-order valence-corrected chi connectivity index (χ0v) is 13.2. The maximum absolute atomic E-state index is 5.71. The highest BCUT2D eigenvalue weighted by atomic mass is 79.9. The highest BCUT2D eigenvalue weighted by Gasteiger charge is 2.04. The third-order valence-electron chi connectivity index (χ3n) is 2.71. The lowest BCUT2D eigenvalue weighted by Crippen LogP contribution is -2.34. The van der Waals surface area contributed by atoms with Crippen LogP contribution in [-0.4, -0.2) is 58.6 Å². The Bertz CT molecular complexity index is 324. The molecule has 0 saturated carbocycles. The standard InChI is InChI=1S/C14H22BrNO3/c1-17-10-7-16(8-11-18-2)9-12-19-14-5-3-13(15)4-6-14/h3-6H,7-12H2,1-2H3. The summed E-state index contributed by atoms with van der Waals surface area (Å²) in [5, 5.41) is 0. The van der Waals surface area contributed by atoms with Gasteiger partial charge in [0.15, 0.2) is 0 Å². The molecule has 0 bridgehead atoms. The van der Waals surface area contributed by atoms with Gasteiger partial charge in [-0.3, -0.25) is 4.90 Å². The molecule has 0 saturated heterocycles. The monoisotopic (exact) mass is 331 g/mol. The van der Waals surface area contributed by atoms with Crippen molar-refractivity contribution in [3.63, 3.8) is 0 Å². The van der Waals surface area contributed by atoms with Crippen LogP contribution in [0.2, 0.25) is 0 Å². The van der Waals surface area contributed by atoms with Crippen LogP contribution in [0.3, 0.4) is 0 Å². The van der Waals surface area contributed by atoms with Crippen molar-refractivity contribution in [2.75, 3.05) is 53.7 Å². The second-order valence-corrected chi connectivity index (χ2v) is 5.05. The minimum absolute atomic E-state index is 0.662. The summed E-state index contributed by atoms with van der Waals surface area (Å²) in [5.74, 6) is 0.890. The number of benzene rings is 1. The van der Waals surface area contributed by atoms with Crippen LogP contribution in [0.15, 0.2) is 28.7 Å². The van der Waals surface area contributed by atoms with E-state index in [-0.39, 0.29) is 0 Å². The Morgan fingerprint density at radius 3 is 1.95 bits per heavy atom. The molecule has 0 spiro atoms. The Hall–Kier alpha value is -0.620. The fourth-order valence-electron chi connectivity index (χ4n) is 1.60. The molecule has 0 atom stereocenters. The lowest BCUT2D eigenvalue weighted by atomic mass is 10.3. The van der Waals surface area contributed by atoms with Gasteiger partial charge in [-0.1, -0.05) is 15.9 Å². The molecule has 0 aliphatic heterocycles. The van der Waals surface area contributed by atoms with Crippen LogP contribution in [-0.2, 0) is 9.47 Å². The zero-order valence-electron chi connectivity index (χ0n) is 11.6. The van der Waals surface area contributed by atoms with Gasteiger partial charge in [0.1, 0.15) is 12.4 Å². The SMILES string of the molecule is COCCN(CCOC)CCOc1ccc(Br)cc1. The van der Waals surface area contributed by atoms with Gasteiger partial charge in [0.05, 0.1) is 13.2 Å². The molecule has 19 heavy (non-hydrogen) atoms. The van der Waals surface area contributed by atoms with E-state index in [0.29, 0.717) is 6.61 Å². The summed E-state index contributed by atoms with van der Waals surface area (Å²) in [6.07, 6.45) is 0. The van der Waals surface area contributed by atoms with Gasteiger partial charge in [0.2, 0.25) is 0 Å². The van der Waals surface area contributed by atoms with E-state index in [2.05, 4.69) is 20.8 Å². The second-order valence-electron chi connectivity index (χ2n) is 4.13. The van der Waals surface area contributed by atoms with Crippen LogP contribution in [0.5, 0.6) is 5.75 Å². The Morgan fingerprint density at radius 1 is 0.895 bits per heavy atom. The minimum atomic E-state index is 0.662. The first-order valence-corrected chi connectivity index (χ1v) is 7.14. The van der Waals surface area contributed by atoms with Crippen LogP contribution in [0.25, 0.3) is 0 Å². The van der Waals surface area contributed by atoms with Crippen molar-refractivity contribution in [1.29, 1.82) is 0 Å². The molecule has 0 aliphatic rings. The summed E-state index contributed by atoms with van der Waals surface area (Å²) in [6.45, 7) is 4.76. The fraction of sp³-hybridized carbons (Fsp3) is 0.571. The van der Waals surface area contributed by atoms with E-state index in [9.17, 15) is 0 Å². The van der Waals surface area contributed by atoms with Gasteiger partial charge in [-0.15, -0.1) is 0 Å². The number of ether oxygens (including phenoxy) is 3. The Morgan fingerprint density at radius 2 is 1.42 bits per heavy atom. The summed E-state index contributed by atoms with van der Waals surface area (Å²) in [6, 6.07) is 7.86. The first-order valence-electron chi connectivity index (χ1n) is 6.35. The van der Waals surface area contributed by atoms with Gasteiger partial charge in [0, 0.05) is 38.3 Å². The number of hydrogen-bond acceptors (Lipinski definition) is 4. The lowest BCUT2D eigenvalue weighted by Gasteiger charge is -2.21. The number of halogens is 1. The quantitative estimate of drug-likeness (QED) is 0.658. The zero-order chi connectivity index (χ0) is 13.9. The summed E-state index contributed by atoms with van der Waals surface area (Å²) in [7, 11) is 3.43. The van der Waals surface area contributed by atoms with Crippen molar-refractivity contribution in [3.05, 3.63) is 28.7 Å². The molecule has 0 unspecified atom stereocenters. The molecule has 108 valence electrons. The van der Waals surface area contributed by atoms with Crippen molar-refractivity contribution in [2.24, 2.45) is 0 Å². The Kier molecular flexibility index (Phi) is 8.82. The highest BCUT2D eigenvalue weighted by molar-refractivity contribution is 9.10. The van der Waals surface area contributed by atoms with E-state index < -0.39 is 0 Å². The average Bonchev–Trinajstić information content (AvgIpc) is 2.43. The number of methoxy groups -OCH3 is 2. The van der Waals surface area contributed by atoms with Crippen molar-refractivity contribution < 1.29 is 14.2 Å². The molecule has 0 N–H and O–H groups in total. The van der Waals surface area contributed by atoms with Gasteiger partial charge in [-0.05, 0) is 24.3 Å². The molecule has 0 fully saturated rings. The summed E-state index contributed by atoms with van der Waals surface area (Å²) in [4.78, 5) is 2.27. The molecule has 0 aromatic heterocycles. The fourth-order valence-corrected chi connectivity index (χ4v) is 1.86. The van der Waals surface area contributed by atoms with Crippen LogP contribution < -0.4 is 4.74 Å². The maximum atomic E-state index is 5.71. The largest absolute Gasteiger partial charge is 0.492 e. The van der Waals surface area contributed by atoms with Gasteiger partial charge >= 0.3 is 0 Å². The molecular formula is C14H22BrNO3. The predicted molar refractivity (Wildman–Crippen MR) is 79.8 cm³/mol. The molecular weight excluding hydrogens is 310 g/mol. The van der Waals surface area contributed by atoms with E-state index in [1.807, 2.05) is 24.3 Å². The molecule has 4 nitrogen and oxygen atoms in total. The summed E-state index contributed by atoms with van der Waals surface area (Å²) >= 11 is 3.40. The van der Waals surface area contributed by atoms with E-state index >= 15 is 0 Å². The van der Waals surface area contributed by atoms with E-state index in [1.54, 1.807) is 14.2 Å². The smallest absolute Gasteiger partial charge is 0.119 e. The predicted octanol–water partition coefficient (Wildman–Crippen LogP) is 2.42. The Labute approximate surface area is 123 Å². The maximum Gasteiger partial charge on any atom is 0.119 e. The van der Waals surface area contributed by atoms with E-state index in [4.69, 9.17) is 14.2 Å². The van der Waals surface area contributed by atoms with Gasteiger partial charge < -0.3 is 14.2 Å². The number of rotatable bonds is 10.